The molecule has 9 nitrogen and oxygen atoms in total. The Morgan fingerprint density at radius 2 is 1.76 bits per heavy atom. The van der Waals surface area contributed by atoms with Gasteiger partial charge in [0.2, 0.25) is 5.91 Å². The number of ether oxygens (including phenoxy) is 3. The maximum atomic E-state index is 13.2. The molecule has 10 heteroatoms. The van der Waals surface area contributed by atoms with Crippen LogP contribution in [0.5, 0.6) is 0 Å². The Morgan fingerprint density at radius 3 is 2.41 bits per heavy atom. The van der Waals surface area contributed by atoms with E-state index >= 15 is 0 Å². The molecule has 5 rings (SSSR count). The fourth-order valence-electron chi connectivity index (χ4n) is 4.63. The molecule has 4 heterocycles. The van der Waals surface area contributed by atoms with Crippen LogP contribution in [0.2, 0.25) is 0 Å². The van der Waals surface area contributed by atoms with Crippen molar-refractivity contribution >= 4 is 17.5 Å². The Morgan fingerprint density at radius 1 is 1.07 bits per heavy atom. The first-order valence-electron chi connectivity index (χ1n) is 9.40. The summed E-state index contributed by atoms with van der Waals surface area (Å²) in [6.07, 6.45) is -4.46. The van der Waals surface area contributed by atoms with Crippen molar-refractivity contribution in [1.29, 1.82) is 0 Å². The molecule has 0 saturated carbocycles. The molecule has 4 fully saturated rings. The molecule has 1 aromatic rings. The van der Waals surface area contributed by atoms with Gasteiger partial charge in [0.25, 0.3) is 5.91 Å². The second-order valence-electron chi connectivity index (χ2n) is 8.14. The highest BCUT2D eigenvalue weighted by atomic mass is 19.1. The molecule has 29 heavy (non-hydrogen) atoms. The molecule has 1 N–H and O–H groups in total. The number of fused-ring (bicyclic) bond motifs is 2. The van der Waals surface area contributed by atoms with Gasteiger partial charge in [-0.15, -0.1) is 0 Å². The highest BCUT2D eigenvalue weighted by Crippen LogP contribution is 2.45. The minimum Gasteiger partial charge on any atom is -0.387 e. The van der Waals surface area contributed by atoms with E-state index in [9.17, 15) is 19.1 Å². The van der Waals surface area contributed by atoms with Gasteiger partial charge in [-0.05, 0) is 38.1 Å². The zero-order valence-corrected chi connectivity index (χ0v) is 16.0. The average Bonchev–Trinajstić information content (AvgIpc) is 3.30. The standard InChI is InChI=1S/C19H21FN2O7/c1-19(2)27-15-12(23)14(26-18(15)28-19)11-10-13(29-21(11)3)17(25)22(16(10)24)9-6-4-8(20)5-7-9/h4-7,10-15,18,23H,1-3H3/t10-,11-,12-,13+,14+,15+,18+/m0/s1. The lowest BCUT2D eigenvalue weighted by atomic mass is 9.89. The minimum atomic E-state index is -1.07. The second-order valence-corrected chi connectivity index (χ2v) is 8.14. The predicted molar refractivity (Wildman–Crippen MR) is 93.5 cm³/mol. The maximum Gasteiger partial charge on any atom is 0.265 e. The molecule has 4 saturated heterocycles. The van der Waals surface area contributed by atoms with Gasteiger partial charge in [0.05, 0.1) is 17.6 Å². The van der Waals surface area contributed by atoms with Crippen molar-refractivity contribution in [2.24, 2.45) is 5.92 Å². The molecule has 1 aromatic carbocycles. The van der Waals surface area contributed by atoms with E-state index in [4.69, 9.17) is 19.0 Å². The molecular formula is C19H21FN2O7. The number of amides is 2. The van der Waals surface area contributed by atoms with Crippen LogP contribution in [0.25, 0.3) is 0 Å². The number of rotatable bonds is 2. The van der Waals surface area contributed by atoms with Crippen LogP contribution in [-0.4, -0.2) is 71.6 Å². The summed E-state index contributed by atoms with van der Waals surface area (Å²) in [7, 11) is 1.58. The lowest BCUT2D eigenvalue weighted by Crippen LogP contribution is -2.50. The van der Waals surface area contributed by atoms with Crippen LogP contribution >= 0.6 is 0 Å². The van der Waals surface area contributed by atoms with Crippen molar-refractivity contribution in [2.45, 2.75) is 56.4 Å². The van der Waals surface area contributed by atoms with E-state index in [1.54, 1.807) is 20.9 Å². The van der Waals surface area contributed by atoms with Crippen molar-refractivity contribution in [2.75, 3.05) is 11.9 Å². The summed E-state index contributed by atoms with van der Waals surface area (Å²) in [5.41, 5.74) is 0.263. The Hall–Kier alpha value is -1.95. The predicted octanol–water partition coefficient (Wildman–Crippen LogP) is 0.167. The number of likely N-dealkylation sites (N-methyl/N-ethyl adjacent to an activating group) is 1. The first kappa shape index (κ1) is 19.0. The summed E-state index contributed by atoms with van der Waals surface area (Å²) in [6.45, 7) is 3.44. The molecule has 0 unspecified atom stereocenters. The number of imide groups is 1. The quantitative estimate of drug-likeness (QED) is 0.692. The van der Waals surface area contributed by atoms with E-state index in [1.165, 1.54) is 29.3 Å². The summed E-state index contributed by atoms with van der Waals surface area (Å²) >= 11 is 0. The van der Waals surface area contributed by atoms with Crippen molar-refractivity contribution in [3.63, 3.8) is 0 Å². The van der Waals surface area contributed by atoms with Gasteiger partial charge in [-0.3, -0.25) is 14.4 Å². The topological polar surface area (TPSA) is 97.8 Å². The molecule has 4 aliphatic rings. The van der Waals surface area contributed by atoms with Crippen LogP contribution in [0.1, 0.15) is 13.8 Å². The number of halogens is 1. The molecule has 0 radical (unpaired) electrons. The number of aliphatic hydroxyl groups is 1. The molecule has 0 aromatic heterocycles. The van der Waals surface area contributed by atoms with E-state index in [2.05, 4.69) is 0 Å². The van der Waals surface area contributed by atoms with Crippen LogP contribution in [0.15, 0.2) is 24.3 Å². The van der Waals surface area contributed by atoms with E-state index in [0.29, 0.717) is 0 Å². The molecule has 2 amide bonds. The van der Waals surface area contributed by atoms with Gasteiger partial charge in [0.15, 0.2) is 18.2 Å². The number of aliphatic hydroxyl groups excluding tert-OH is 1. The number of carbonyl (C=O) groups excluding carboxylic acids is 2. The highest BCUT2D eigenvalue weighted by Gasteiger charge is 2.65. The van der Waals surface area contributed by atoms with E-state index in [1.807, 2.05) is 0 Å². The lowest BCUT2D eigenvalue weighted by Gasteiger charge is -2.31. The third-order valence-corrected chi connectivity index (χ3v) is 5.84. The number of nitrogens with zero attached hydrogens (tertiary/aromatic N) is 2. The van der Waals surface area contributed by atoms with Crippen LogP contribution in [0.4, 0.5) is 10.1 Å². The van der Waals surface area contributed by atoms with Crippen LogP contribution in [0.3, 0.4) is 0 Å². The summed E-state index contributed by atoms with van der Waals surface area (Å²) in [5, 5.41) is 12.2. The Labute approximate surface area is 165 Å². The summed E-state index contributed by atoms with van der Waals surface area (Å²) in [4.78, 5) is 32.7. The van der Waals surface area contributed by atoms with Crippen molar-refractivity contribution < 1.29 is 38.1 Å². The first-order chi connectivity index (χ1) is 13.7. The van der Waals surface area contributed by atoms with E-state index in [-0.39, 0.29) is 5.69 Å². The monoisotopic (exact) mass is 408 g/mol. The highest BCUT2D eigenvalue weighted by molar-refractivity contribution is 6.23. The van der Waals surface area contributed by atoms with Gasteiger partial charge in [-0.2, -0.15) is 5.06 Å². The van der Waals surface area contributed by atoms with Crippen LogP contribution < -0.4 is 4.90 Å². The third-order valence-electron chi connectivity index (χ3n) is 5.84. The Bertz CT molecular complexity index is 863. The Balaban J connectivity index is 1.42. The lowest BCUT2D eigenvalue weighted by molar-refractivity contribution is -0.232. The molecule has 4 aliphatic heterocycles. The maximum absolute atomic E-state index is 13.2. The smallest absolute Gasteiger partial charge is 0.265 e. The molecule has 0 aliphatic carbocycles. The van der Waals surface area contributed by atoms with Crippen molar-refractivity contribution in [3.8, 4) is 0 Å². The first-order valence-corrected chi connectivity index (χ1v) is 9.40. The normalized spacial score (nSPS) is 41.3. The van der Waals surface area contributed by atoms with Crippen LogP contribution in [0, 0.1) is 11.7 Å². The van der Waals surface area contributed by atoms with Gasteiger partial charge >= 0.3 is 0 Å². The van der Waals surface area contributed by atoms with Gasteiger partial charge < -0.3 is 19.3 Å². The molecule has 0 bridgehead atoms. The van der Waals surface area contributed by atoms with Crippen molar-refractivity contribution in [1.82, 2.24) is 5.06 Å². The molecular weight excluding hydrogens is 387 g/mol. The zero-order chi connectivity index (χ0) is 20.7. The SMILES string of the molecule is CN1O[C@H]2C(=O)N(c3ccc(F)cc3)C(=O)[C@H]2[C@H]1[C@H]1O[C@@H]2OC(C)(C)O[C@@H]2[C@H]1O. The minimum absolute atomic E-state index is 0.263. The number of hydrogen-bond acceptors (Lipinski definition) is 8. The summed E-state index contributed by atoms with van der Waals surface area (Å²) in [6, 6.07) is 4.35. The molecule has 156 valence electrons. The summed E-state index contributed by atoms with van der Waals surface area (Å²) < 4.78 is 30.5. The zero-order valence-electron chi connectivity index (χ0n) is 16.0. The molecule has 7 atom stereocenters. The van der Waals surface area contributed by atoms with Gasteiger partial charge in [0, 0.05) is 7.05 Å². The number of hydroxylamine groups is 2. The van der Waals surface area contributed by atoms with Gasteiger partial charge in [-0.25, -0.2) is 9.29 Å². The van der Waals surface area contributed by atoms with Gasteiger partial charge in [0.1, 0.15) is 24.1 Å². The number of hydrogen-bond donors (Lipinski definition) is 1. The fraction of sp³-hybridized carbons (Fsp3) is 0.579. The Kier molecular flexibility index (Phi) is 4.12. The number of benzene rings is 1. The average molecular weight is 408 g/mol. The van der Waals surface area contributed by atoms with E-state index < -0.39 is 66.1 Å². The second kappa shape index (κ2) is 6.27. The number of anilines is 1. The largest absolute Gasteiger partial charge is 0.387 e. The fourth-order valence-corrected chi connectivity index (χ4v) is 4.63. The van der Waals surface area contributed by atoms with E-state index in [0.717, 1.165) is 4.90 Å². The van der Waals surface area contributed by atoms with Gasteiger partial charge in [-0.1, -0.05) is 0 Å². The summed E-state index contributed by atoms with van der Waals surface area (Å²) in [5.74, 6) is -3.28. The molecule has 0 spiro atoms. The third kappa shape index (κ3) is 2.75. The van der Waals surface area contributed by atoms with Crippen LogP contribution in [-0.2, 0) is 28.6 Å². The number of carbonyl (C=O) groups is 2. The van der Waals surface area contributed by atoms with Crippen molar-refractivity contribution in [3.05, 3.63) is 30.1 Å².